The lowest BCUT2D eigenvalue weighted by molar-refractivity contribution is -0.142. The van der Waals surface area contributed by atoms with Crippen LogP contribution in [0.3, 0.4) is 0 Å². The van der Waals surface area contributed by atoms with E-state index in [2.05, 4.69) is 26.3 Å². The maximum absolute atomic E-state index is 13.2. The number of nitrogens with one attached hydrogen (secondary N) is 5. The van der Waals surface area contributed by atoms with Crippen LogP contribution < -0.4 is 27.0 Å². The summed E-state index contributed by atoms with van der Waals surface area (Å²) < 4.78 is 0. The molecule has 15 nitrogen and oxygen atoms in total. The summed E-state index contributed by atoms with van der Waals surface area (Å²) in [4.78, 5) is 90.2. The zero-order valence-electron chi connectivity index (χ0n) is 35.7. The number of primary amides is 1. The number of benzene rings is 2. The molecule has 3 aromatic rings. The molecule has 0 saturated heterocycles. The standard InChI is InChI=1S/C46H66N6O9/c1-31(2)26-36(43(56)52-39(46(60)61)28-33-30-48-35-23-19-18-22-34(33)35)49-41(54)24-16-11-9-7-5-3-4-6-8-10-12-17-25-42(55)50-37(29-40(47)53)44(57)51-38(45(58)59)27-32-20-14-13-15-21-32/h13-15,18-23,30-31,36-39,48H,3-12,16-17,24-29H2,1-2H3,(H2,47,53)(H,49,54)(H,50,55)(H,51,57)(H,52,56)(H,58,59)(H,60,61)/t36-,37-,38-,39-/m0/s1. The quantitative estimate of drug-likeness (QED) is 0.0383. The number of para-hydroxylation sites is 1. The van der Waals surface area contributed by atoms with Crippen molar-refractivity contribution in [2.45, 2.75) is 154 Å². The van der Waals surface area contributed by atoms with Gasteiger partial charge < -0.3 is 42.2 Å². The van der Waals surface area contributed by atoms with Gasteiger partial charge in [0.1, 0.15) is 24.2 Å². The fourth-order valence-corrected chi connectivity index (χ4v) is 7.30. The van der Waals surface area contributed by atoms with Crippen molar-refractivity contribution >= 4 is 52.4 Å². The third kappa shape index (κ3) is 19.5. The number of rotatable bonds is 31. The lowest BCUT2D eigenvalue weighted by Gasteiger charge is -2.23. The molecule has 0 aliphatic carbocycles. The van der Waals surface area contributed by atoms with Crippen molar-refractivity contribution in [1.29, 1.82) is 0 Å². The van der Waals surface area contributed by atoms with Gasteiger partial charge in [-0.1, -0.05) is 127 Å². The van der Waals surface area contributed by atoms with Crippen molar-refractivity contribution in [3.8, 4) is 0 Å². The molecule has 0 radical (unpaired) electrons. The summed E-state index contributed by atoms with van der Waals surface area (Å²) in [5.41, 5.74) is 7.69. The van der Waals surface area contributed by atoms with Gasteiger partial charge in [-0.15, -0.1) is 0 Å². The molecule has 2 aromatic carbocycles. The zero-order chi connectivity index (χ0) is 44.6. The Hall–Kier alpha value is -5.73. The van der Waals surface area contributed by atoms with Crippen molar-refractivity contribution in [3.05, 3.63) is 71.9 Å². The van der Waals surface area contributed by atoms with Gasteiger partial charge in [0.2, 0.25) is 29.5 Å². The molecule has 0 aliphatic rings. The third-order valence-corrected chi connectivity index (χ3v) is 10.6. The lowest BCUT2D eigenvalue weighted by atomic mass is 10.0. The molecule has 61 heavy (non-hydrogen) atoms. The number of fused-ring (bicyclic) bond motifs is 1. The van der Waals surface area contributed by atoms with Crippen molar-refractivity contribution in [2.24, 2.45) is 11.7 Å². The highest BCUT2D eigenvalue weighted by Crippen LogP contribution is 2.20. The number of amides is 5. The van der Waals surface area contributed by atoms with Crippen molar-refractivity contribution < 1.29 is 43.8 Å². The highest BCUT2D eigenvalue weighted by molar-refractivity contribution is 5.94. The Bertz CT molecular complexity index is 1860. The Morgan fingerprint density at radius 3 is 1.54 bits per heavy atom. The summed E-state index contributed by atoms with van der Waals surface area (Å²) in [5, 5.41) is 30.9. The summed E-state index contributed by atoms with van der Waals surface area (Å²) in [6.45, 7) is 3.90. The van der Waals surface area contributed by atoms with Gasteiger partial charge in [0.25, 0.3) is 0 Å². The number of carbonyl (C=O) groups excluding carboxylic acids is 5. The number of nitrogens with two attached hydrogens (primary N) is 1. The predicted octanol–water partition coefficient (Wildman–Crippen LogP) is 5.44. The number of carbonyl (C=O) groups is 7. The van der Waals surface area contributed by atoms with Gasteiger partial charge in [0, 0.05) is 42.8 Å². The Morgan fingerprint density at radius 2 is 1.03 bits per heavy atom. The second-order valence-corrected chi connectivity index (χ2v) is 16.3. The van der Waals surface area contributed by atoms with E-state index in [1.54, 1.807) is 36.5 Å². The molecular weight excluding hydrogens is 781 g/mol. The average molecular weight is 847 g/mol. The minimum Gasteiger partial charge on any atom is -0.480 e. The molecule has 334 valence electrons. The van der Waals surface area contributed by atoms with Gasteiger partial charge in [-0.2, -0.15) is 0 Å². The van der Waals surface area contributed by atoms with Crippen molar-refractivity contribution in [2.75, 3.05) is 0 Å². The Kier molecular flexibility index (Phi) is 22.1. The van der Waals surface area contributed by atoms with Gasteiger partial charge >= 0.3 is 11.9 Å². The van der Waals surface area contributed by atoms with E-state index in [1.807, 2.05) is 38.1 Å². The molecule has 4 atom stereocenters. The molecule has 9 N–H and O–H groups in total. The van der Waals surface area contributed by atoms with E-state index in [9.17, 15) is 43.8 Å². The van der Waals surface area contributed by atoms with Crippen LogP contribution in [0.4, 0.5) is 0 Å². The number of aromatic amines is 1. The molecule has 0 unspecified atom stereocenters. The predicted molar refractivity (Wildman–Crippen MR) is 233 cm³/mol. The van der Waals surface area contributed by atoms with Crippen LogP contribution in [0, 0.1) is 5.92 Å². The smallest absolute Gasteiger partial charge is 0.326 e. The van der Waals surface area contributed by atoms with Crippen LogP contribution in [-0.2, 0) is 46.4 Å². The monoisotopic (exact) mass is 846 g/mol. The molecule has 1 aromatic heterocycles. The van der Waals surface area contributed by atoms with Crippen LogP contribution in [0.2, 0.25) is 0 Å². The van der Waals surface area contributed by atoms with Gasteiger partial charge in [-0.05, 0) is 42.4 Å². The van der Waals surface area contributed by atoms with Crippen LogP contribution in [-0.4, -0.2) is 80.8 Å². The molecular formula is C46H66N6O9. The van der Waals surface area contributed by atoms with Crippen molar-refractivity contribution in [3.63, 3.8) is 0 Å². The van der Waals surface area contributed by atoms with E-state index in [1.165, 1.54) is 0 Å². The average Bonchev–Trinajstić information content (AvgIpc) is 3.62. The fourth-order valence-electron chi connectivity index (χ4n) is 7.30. The largest absolute Gasteiger partial charge is 0.480 e. The van der Waals surface area contributed by atoms with Crippen LogP contribution in [0.5, 0.6) is 0 Å². The first-order valence-electron chi connectivity index (χ1n) is 21.8. The minimum absolute atomic E-state index is 0.0432. The SMILES string of the molecule is CC(C)C[C@H](NC(=O)CCCCCCCCCCCCCCC(=O)N[C@@H](CC(N)=O)C(=O)N[C@@H](Cc1ccccc1)C(=O)O)C(=O)N[C@@H](Cc1c[nH]c2ccccc12)C(=O)O. The summed E-state index contributed by atoms with van der Waals surface area (Å²) in [6.07, 6.45) is 13.9. The first kappa shape index (κ1) is 49.6. The fraction of sp³-hybridized carbons (Fsp3) is 0.543. The van der Waals surface area contributed by atoms with E-state index < -0.39 is 66.2 Å². The minimum atomic E-state index is -1.26. The van der Waals surface area contributed by atoms with E-state index >= 15 is 0 Å². The summed E-state index contributed by atoms with van der Waals surface area (Å²) in [7, 11) is 0. The molecule has 1 heterocycles. The number of aromatic nitrogens is 1. The number of carboxylic acids is 2. The molecule has 5 amide bonds. The topological polar surface area (TPSA) is 250 Å². The third-order valence-electron chi connectivity index (χ3n) is 10.6. The van der Waals surface area contributed by atoms with E-state index in [0.717, 1.165) is 80.7 Å². The second kappa shape index (κ2) is 27.2. The Balaban J connectivity index is 1.23. The van der Waals surface area contributed by atoms with Crippen LogP contribution in [0.15, 0.2) is 60.8 Å². The van der Waals surface area contributed by atoms with E-state index in [-0.39, 0.29) is 31.1 Å². The van der Waals surface area contributed by atoms with Gasteiger partial charge in [0.05, 0.1) is 6.42 Å². The number of hydrogen-bond donors (Lipinski definition) is 8. The molecule has 15 heteroatoms. The highest BCUT2D eigenvalue weighted by Gasteiger charge is 2.29. The Morgan fingerprint density at radius 1 is 0.574 bits per heavy atom. The molecule has 0 spiro atoms. The second-order valence-electron chi connectivity index (χ2n) is 16.3. The first-order chi connectivity index (χ1) is 29.2. The number of unbranched alkanes of at least 4 members (excludes halogenated alkanes) is 11. The van der Waals surface area contributed by atoms with Gasteiger partial charge in [-0.3, -0.25) is 24.0 Å². The molecule has 3 rings (SSSR count). The summed E-state index contributed by atoms with van der Waals surface area (Å²) >= 11 is 0. The normalized spacial score (nSPS) is 13.2. The van der Waals surface area contributed by atoms with Gasteiger partial charge in [0.15, 0.2) is 0 Å². The van der Waals surface area contributed by atoms with Crippen LogP contribution in [0.25, 0.3) is 10.9 Å². The van der Waals surface area contributed by atoms with Gasteiger partial charge in [-0.25, -0.2) is 9.59 Å². The summed E-state index contributed by atoms with van der Waals surface area (Å²) in [5.74, 6) is -4.95. The molecule has 0 aliphatic heterocycles. The molecule has 0 bridgehead atoms. The van der Waals surface area contributed by atoms with Crippen LogP contribution >= 0.6 is 0 Å². The van der Waals surface area contributed by atoms with Crippen molar-refractivity contribution in [1.82, 2.24) is 26.3 Å². The number of H-pyrrole nitrogens is 1. The Labute approximate surface area is 358 Å². The maximum atomic E-state index is 13.2. The maximum Gasteiger partial charge on any atom is 0.326 e. The molecule has 0 saturated carbocycles. The zero-order valence-corrected chi connectivity index (χ0v) is 35.7. The van der Waals surface area contributed by atoms with E-state index in [0.29, 0.717) is 31.2 Å². The highest BCUT2D eigenvalue weighted by atomic mass is 16.4. The first-order valence-corrected chi connectivity index (χ1v) is 21.8. The number of aliphatic carboxylic acids is 2. The molecule has 0 fully saturated rings. The summed E-state index contributed by atoms with van der Waals surface area (Å²) in [6, 6.07) is 11.9. The van der Waals surface area contributed by atoms with Crippen LogP contribution in [0.1, 0.15) is 128 Å². The number of carboxylic acid groups (broad SMARTS) is 2. The van der Waals surface area contributed by atoms with E-state index in [4.69, 9.17) is 5.73 Å². The lowest BCUT2D eigenvalue weighted by Crippen LogP contribution is -2.53. The number of hydrogen-bond acceptors (Lipinski definition) is 7.